The van der Waals surface area contributed by atoms with E-state index in [1.807, 2.05) is 13.0 Å². The van der Waals surface area contributed by atoms with Crippen LogP contribution in [0.4, 0.5) is 0 Å². The van der Waals surface area contributed by atoms with Crippen LogP contribution in [0.5, 0.6) is 0 Å². The van der Waals surface area contributed by atoms with Crippen LogP contribution in [0.15, 0.2) is 23.2 Å². The van der Waals surface area contributed by atoms with E-state index in [1.165, 1.54) is 22.6 Å². The van der Waals surface area contributed by atoms with Crippen molar-refractivity contribution in [3.63, 3.8) is 0 Å². The number of aromatic nitrogens is 1. The molecule has 0 spiro atoms. The number of sulfonamides is 1. The number of hydrogen-bond acceptors (Lipinski definition) is 4. The molecule has 1 aromatic rings. The number of pyridine rings is 1. The summed E-state index contributed by atoms with van der Waals surface area (Å²) in [5.74, 6) is 0.556. The molecule has 0 saturated carbocycles. The zero-order valence-electron chi connectivity index (χ0n) is 11.1. The molecule has 0 N–H and O–H groups in total. The highest BCUT2D eigenvalue weighted by molar-refractivity contribution is 7.89. The Labute approximate surface area is 113 Å². The van der Waals surface area contributed by atoms with Gasteiger partial charge in [0.25, 0.3) is 0 Å². The highest BCUT2D eigenvalue weighted by atomic mass is 32.2. The van der Waals surface area contributed by atoms with Gasteiger partial charge in [-0.2, -0.15) is 9.57 Å². The first kappa shape index (κ1) is 14.0. The van der Waals surface area contributed by atoms with Gasteiger partial charge in [0.05, 0.1) is 0 Å². The predicted octanol–water partition coefficient (Wildman–Crippen LogP) is 1.76. The highest BCUT2D eigenvalue weighted by Gasteiger charge is 2.33. The van der Waals surface area contributed by atoms with Crippen molar-refractivity contribution in [2.45, 2.75) is 37.6 Å². The molecule has 1 fully saturated rings. The highest BCUT2D eigenvalue weighted by Crippen LogP contribution is 2.27. The van der Waals surface area contributed by atoms with E-state index >= 15 is 0 Å². The fraction of sp³-hybridized carbons (Fsp3) is 0.538. The van der Waals surface area contributed by atoms with Crippen molar-refractivity contribution in [1.82, 2.24) is 9.29 Å². The maximum Gasteiger partial charge on any atom is 0.244 e. The molecule has 0 amide bonds. The SMILES string of the molecule is CC1CCN(S(=O)(=O)c2ccc(C#N)nc2)C(C)C1. The lowest BCUT2D eigenvalue weighted by Crippen LogP contribution is -2.44. The Morgan fingerprint density at radius 2 is 2.16 bits per heavy atom. The summed E-state index contributed by atoms with van der Waals surface area (Å²) in [4.78, 5) is 3.99. The number of hydrogen-bond donors (Lipinski definition) is 0. The maximum absolute atomic E-state index is 12.5. The summed E-state index contributed by atoms with van der Waals surface area (Å²) in [7, 11) is -3.50. The van der Waals surface area contributed by atoms with E-state index < -0.39 is 10.0 Å². The molecule has 0 aliphatic carbocycles. The summed E-state index contributed by atoms with van der Waals surface area (Å²) in [5, 5.41) is 8.68. The molecule has 1 aliphatic heterocycles. The van der Waals surface area contributed by atoms with Gasteiger partial charge in [-0.15, -0.1) is 0 Å². The van der Waals surface area contributed by atoms with Crippen LogP contribution in [0, 0.1) is 17.2 Å². The molecule has 0 radical (unpaired) electrons. The second kappa shape index (κ2) is 5.27. The molecule has 2 atom stereocenters. The van der Waals surface area contributed by atoms with Crippen molar-refractivity contribution in [3.05, 3.63) is 24.0 Å². The van der Waals surface area contributed by atoms with E-state index in [4.69, 9.17) is 5.26 Å². The summed E-state index contributed by atoms with van der Waals surface area (Å²) in [6.45, 7) is 4.62. The van der Waals surface area contributed by atoms with E-state index in [1.54, 1.807) is 0 Å². The summed E-state index contributed by atoms with van der Waals surface area (Å²) < 4.78 is 26.6. The second-order valence-corrected chi connectivity index (χ2v) is 6.98. The van der Waals surface area contributed by atoms with Crippen molar-refractivity contribution >= 4 is 10.0 Å². The molecule has 2 rings (SSSR count). The smallest absolute Gasteiger partial charge is 0.244 e. The fourth-order valence-corrected chi connectivity index (χ4v) is 4.08. The fourth-order valence-electron chi connectivity index (χ4n) is 2.48. The Morgan fingerprint density at radius 1 is 1.42 bits per heavy atom. The van der Waals surface area contributed by atoms with E-state index in [2.05, 4.69) is 11.9 Å². The van der Waals surface area contributed by atoms with Gasteiger partial charge in [0.1, 0.15) is 16.7 Å². The summed E-state index contributed by atoms with van der Waals surface area (Å²) in [6, 6.07) is 4.77. The Kier molecular flexibility index (Phi) is 3.88. The Balaban J connectivity index is 2.29. The molecule has 102 valence electrons. The van der Waals surface area contributed by atoms with Crippen molar-refractivity contribution < 1.29 is 8.42 Å². The van der Waals surface area contributed by atoms with Crippen LogP contribution in [0.3, 0.4) is 0 Å². The van der Waals surface area contributed by atoms with Crippen LogP contribution in [0.25, 0.3) is 0 Å². The Hall–Kier alpha value is -1.45. The summed E-state index contributed by atoms with van der Waals surface area (Å²) in [5.41, 5.74) is 0.222. The zero-order valence-corrected chi connectivity index (χ0v) is 11.9. The van der Waals surface area contributed by atoms with Crippen LogP contribution in [0.2, 0.25) is 0 Å². The van der Waals surface area contributed by atoms with Gasteiger partial charge in [-0.1, -0.05) is 6.92 Å². The normalized spacial score (nSPS) is 24.9. The molecule has 19 heavy (non-hydrogen) atoms. The van der Waals surface area contributed by atoms with Crippen LogP contribution in [0.1, 0.15) is 32.4 Å². The van der Waals surface area contributed by atoms with Crippen molar-refractivity contribution in [3.8, 4) is 6.07 Å². The minimum Gasteiger partial charge on any atom is -0.244 e. The molecule has 1 aliphatic rings. The van der Waals surface area contributed by atoms with Crippen molar-refractivity contribution in [2.75, 3.05) is 6.54 Å². The van der Waals surface area contributed by atoms with Gasteiger partial charge in [-0.05, 0) is 37.8 Å². The number of nitrogens with zero attached hydrogens (tertiary/aromatic N) is 3. The van der Waals surface area contributed by atoms with E-state index in [0.29, 0.717) is 12.5 Å². The van der Waals surface area contributed by atoms with Gasteiger partial charge in [0, 0.05) is 18.8 Å². The monoisotopic (exact) mass is 279 g/mol. The second-order valence-electron chi connectivity index (χ2n) is 5.09. The van der Waals surface area contributed by atoms with E-state index in [-0.39, 0.29) is 16.6 Å². The zero-order chi connectivity index (χ0) is 14.0. The third kappa shape index (κ3) is 2.77. The Bertz CT molecular complexity index is 589. The molecule has 6 heteroatoms. The molecule has 2 unspecified atom stereocenters. The van der Waals surface area contributed by atoms with Gasteiger partial charge in [-0.25, -0.2) is 13.4 Å². The van der Waals surface area contributed by atoms with Crippen LogP contribution in [-0.2, 0) is 10.0 Å². The molecule has 1 aromatic heterocycles. The molecular formula is C13H17N3O2S. The Morgan fingerprint density at radius 3 is 2.68 bits per heavy atom. The van der Waals surface area contributed by atoms with Crippen LogP contribution < -0.4 is 0 Å². The van der Waals surface area contributed by atoms with Gasteiger partial charge < -0.3 is 0 Å². The number of rotatable bonds is 2. The largest absolute Gasteiger partial charge is 0.244 e. The first-order valence-electron chi connectivity index (χ1n) is 6.33. The van der Waals surface area contributed by atoms with Gasteiger partial charge in [0.2, 0.25) is 10.0 Å². The van der Waals surface area contributed by atoms with E-state index in [9.17, 15) is 8.42 Å². The molecule has 1 saturated heterocycles. The third-order valence-electron chi connectivity index (χ3n) is 3.53. The van der Waals surface area contributed by atoms with Gasteiger partial charge >= 0.3 is 0 Å². The topological polar surface area (TPSA) is 74.1 Å². The predicted molar refractivity (Wildman–Crippen MR) is 70.7 cm³/mol. The average Bonchev–Trinajstić information content (AvgIpc) is 2.38. The molecule has 5 nitrogen and oxygen atoms in total. The average molecular weight is 279 g/mol. The quantitative estimate of drug-likeness (QED) is 0.826. The lowest BCUT2D eigenvalue weighted by molar-refractivity contribution is 0.220. The third-order valence-corrected chi connectivity index (χ3v) is 5.53. The molecular weight excluding hydrogens is 262 g/mol. The first-order chi connectivity index (χ1) is 8.95. The minimum atomic E-state index is -3.50. The maximum atomic E-state index is 12.5. The van der Waals surface area contributed by atoms with Crippen LogP contribution >= 0.6 is 0 Å². The minimum absolute atomic E-state index is 0.00407. The molecule has 2 heterocycles. The molecule has 0 bridgehead atoms. The molecule has 0 aromatic carbocycles. The van der Waals surface area contributed by atoms with Crippen molar-refractivity contribution in [2.24, 2.45) is 5.92 Å². The number of piperidine rings is 1. The standard InChI is InChI=1S/C13H17N3O2S/c1-10-5-6-16(11(2)7-10)19(17,18)13-4-3-12(8-14)15-9-13/h3-4,9-11H,5-7H2,1-2H3. The summed E-state index contributed by atoms with van der Waals surface area (Å²) in [6.07, 6.45) is 3.02. The first-order valence-corrected chi connectivity index (χ1v) is 7.77. The lowest BCUT2D eigenvalue weighted by Gasteiger charge is -2.35. The lowest BCUT2D eigenvalue weighted by atomic mass is 9.95. The van der Waals surface area contributed by atoms with Crippen molar-refractivity contribution in [1.29, 1.82) is 5.26 Å². The van der Waals surface area contributed by atoms with Gasteiger partial charge in [0.15, 0.2) is 0 Å². The van der Waals surface area contributed by atoms with Crippen LogP contribution in [-0.4, -0.2) is 30.3 Å². The van der Waals surface area contributed by atoms with Gasteiger partial charge in [-0.3, -0.25) is 0 Å². The summed E-state index contributed by atoms with van der Waals surface area (Å²) >= 11 is 0. The van der Waals surface area contributed by atoms with E-state index in [0.717, 1.165) is 12.8 Å². The number of nitriles is 1.